The van der Waals surface area contributed by atoms with Crippen molar-refractivity contribution >= 4 is 11.8 Å². The number of methoxy groups -OCH3 is 2. The van der Waals surface area contributed by atoms with Gasteiger partial charge >= 0.3 is 0 Å². The minimum absolute atomic E-state index is 0.154. The maximum atomic E-state index is 13.3. The number of carbonyl (C=O) groups is 2. The van der Waals surface area contributed by atoms with E-state index in [1.807, 2.05) is 45.0 Å². The molecule has 0 aromatic heterocycles. The van der Waals surface area contributed by atoms with Crippen molar-refractivity contribution < 1.29 is 23.8 Å². The van der Waals surface area contributed by atoms with Gasteiger partial charge in [-0.2, -0.15) is 0 Å². The molecule has 32 heavy (non-hydrogen) atoms. The number of amides is 2. The molecule has 0 heterocycles. The highest BCUT2D eigenvalue weighted by Gasteiger charge is 2.28. The first-order valence-electron chi connectivity index (χ1n) is 10.9. The second-order valence-electron chi connectivity index (χ2n) is 7.56. The number of hydrogen-bond donors (Lipinski definition) is 1. The first-order valence-corrected chi connectivity index (χ1v) is 10.9. The topological polar surface area (TPSA) is 77.1 Å². The van der Waals surface area contributed by atoms with Crippen molar-refractivity contribution in [2.75, 3.05) is 27.4 Å². The fourth-order valence-electron chi connectivity index (χ4n) is 3.39. The molecule has 0 bridgehead atoms. The third kappa shape index (κ3) is 7.18. The van der Waals surface area contributed by atoms with Crippen LogP contribution in [0.5, 0.6) is 17.2 Å². The van der Waals surface area contributed by atoms with Crippen molar-refractivity contribution in [2.24, 2.45) is 0 Å². The lowest BCUT2D eigenvalue weighted by Gasteiger charge is -2.30. The maximum absolute atomic E-state index is 13.3. The second-order valence-corrected chi connectivity index (χ2v) is 7.56. The van der Waals surface area contributed by atoms with E-state index >= 15 is 0 Å². The van der Waals surface area contributed by atoms with E-state index < -0.39 is 6.04 Å². The van der Waals surface area contributed by atoms with Crippen molar-refractivity contribution in [2.45, 2.75) is 46.2 Å². The fourth-order valence-corrected chi connectivity index (χ4v) is 3.39. The Labute approximate surface area is 190 Å². The molecule has 7 nitrogen and oxygen atoms in total. The Kier molecular flexibility index (Phi) is 9.85. The van der Waals surface area contributed by atoms with Gasteiger partial charge in [0.25, 0.3) is 5.91 Å². The van der Waals surface area contributed by atoms with Gasteiger partial charge in [-0.15, -0.1) is 0 Å². The molecule has 0 aliphatic rings. The van der Waals surface area contributed by atoms with Crippen LogP contribution >= 0.6 is 0 Å². The van der Waals surface area contributed by atoms with Crippen LogP contribution in [0.4, 0.5) is 0 Å². The Bertz CT molecular complexity index is 877. The van der Waals surface area contributed by atoms with Crippen LogP contribution in [-0.4, -0.2) is 50.1 Å². The number of benzene rings is 2. The zero-order valence-corrected chi connectivity index (χ0v) is 19.6. The molecule has 1 atom stereocenters. The quantitative estimate of drug-likeness (QED) is 0.542. The van der Waals surface area contributed by atoms with Crippen LogP contribution in [-0.2, 0) is 16.1 Å². The lowest BCUT2D eigenvalue weighted by Crippen LogP contribution is -2.50. The van der Waals surface area contributed by atoms with Gasteiger partial charge in [0.2, 0.25) is 5.91 Å². The van der Waals surface area contributed by atoms with Crippen LogP contribution in [0.3, 0.4) is 0 Å². The first-order chi connectivity index (χ1) is 15.4. The summed E-state index contributed by atoms with van der Waals surface area (Å²) in [6.07, 6.45) is 1.33. The summed E-state index contributed by atoms with van der Waals surface area (Å²) >= 11 is 0. The number of rotatable bonds is 12. The van der Waals surface area contributed by atoms with Crippen molar-refractivity contribution in [3.05, 3.63) is 53.6 Å². The summed E-state index contributed by atoms with van der Waals surface area (Å²) in [6, 6.07) is 12.4. The van der Waals surface area contributed by atoms with Gasteiger partial charge in [-0.1, -0.05) is 43.7 Å². The Morgan fingerprint density at radius 3 is 2.22 bits per heavy atom. The third-order valence-corrected chi connectivity index (χ3v) is 5.06. The van der Waals surface area contributed by atoms with Crippen LogP contribution < -0.4 is 19.5 Å². The lowest BCUT2D eigenvalue weighted by atomic mass is 10.1. The van der Waals surface area contributed by atoms with Crippen LogP contribution in [0.2, 0.25) is 0 Å². The smallest absolute Gasteiger partial charge is 0.261 e. The van der Waals surface area contributed by atoms with Gasteiger partial charge < -0.3 is 24.4 Å². The van der Waals surface area contributed by atoms with Gasteiger partial charge in [0.15, 0.2) is 6.61 Å². The molecule has 0 saturated heterocycles. The molecular formula is C25H34N2O5. The average Bonchev–Trinajstić information content (AvgIpc) is 2.80. The molecule has 0 spiro atoms. The van der Waals surface area contributed by atoms with E-state index in [1.54, 1.807) is 37.3 Å². The highest BCUT2D eigenvalue weighted by Crippen LogP contribution is 2.27. The molecule has 174 valence electrons. The number of ether oxygens (including phenoxy) is 3. The number of carbonyl (C=O) groups excluding carboxylic acids is 2. The monoisotopic (exact) mass is 442 g/mol. The van der Waals surface area contributed by atoms with Crippen molar-refractivity contribution in [1.29, 1.82) is 0 Å². The highest BCUT2D eigenvalue weighted by atomic mass is 16.5. The maximum Gasteiger partial charge on any atom is 0.261 e. The van der Waals surface area contributed by atoms with E-state index in [9.17, 15) is 9.59 Å². The van der Waals surface area contributed by atoms with E-state index in [1.165, 1.54) is 0 Å². The Hall–Kier alpha value is -3.22. The summed E-state index contributed by atoms with van der Waals surface area (Å²) in [6.45, 7) is 6.58. The van der Waals surface area contributed by atoms with E-state index in [0.717, 1.165) is 17.5 Å². The zero-order valence-electron chi connectivity index (χ0n) is 19.6. The summed E-state index contributed by atoms with van der Waals surface area (Å²) in [5, 5.41) is 2.91. The van der Waals surface area contributed by atoms with Crippen molar-refractivity contribution in [3.63, 3.8) is 0 Å². The lowest BCUT2D eigenvalue weighted by molar-refractivity contribution is -0.143. The van der Waals surface area contributed by atoms with E-state index in [0.29, 0.717) is 36.8 Å². The third-order valence-electron chi connectivity index (χ3n) is 5.06. The second kappa shape index (κ2) is 12.6. The van der Waals surface area contributed by atoms with Crippen molar-refractivity contribution in [1.82, 2.24) is 10.2 Å². The summed E-state index contributed by atoms with van der Waals surface area (Å²) in [4.78, 5) is 27.6. The molecule has 2 rings (SSSR count). The molecule has 2 amide bonds. The van der Waals surface area contributed by atoms with E-state index in [-0.39, 0.29) is 18.4 Å². The minimum atomic E-state index is -0.585. The predicted molar refractivity (Wildman–Crippen MR) is 124 cm³/mol. The molecule has 2 aromatic rings. The Balaban J connectivity index is 2.23. The van der Waals surface area contributed by atoms with Crippen LogP contribution in [0.1, 0.15) is 37.8 Å². The van der Waals surface area contributed by atoms with Crippen LogP contribution in [0, 0.1) is 6.92 Å². The molecule has 0 aliphatic heterocycles. The van der Waals surface area contributed by atoms with Crippen LogP contribution in [0.25, 0.3) is 0 Å². The molecule has 0 fully saturated rings. The van der Waals surface area contributed by atoms with Gasteiger partial charge in [-0.25, -0.2) is 0 Å². The molecule has 1 N–H and O–H groups in total. The van der Waals surface area contributed by atoms with Gasteiger partial charge in [0.05, 0.1) is 14.2 Å². The molecule has 2 aromatic carbocycles. The zero-order chi connectivity index (χ0) is 23.5. The average molecular weight is 443 g/mol. The number of nitrogens with zero attached hydrogens (tertiary/aromatic N) is 1. The largest absolute Gasteiger partial charge is 0.496 e. The van der Waals surface area contributed by atoms with E-state index in [4.69, 9.17) is 14.2 Å². The predicted octanol–water partition coefficient (Wildman–Crippen LogP) is 3.72. The number of nitrogens with one attached hydrogen (secondary N) is 1. The molecular weight excluding hydrogens is 408 g/mol. The number of hydrogen-bond acceptors (Lipinski definition) is 5. The molecule has 0 radical (unpaired) electrons. The molecule has 0 aliphatic carbocycles. The summed E-state index contributed by atoms with van der Waals surface area (Å²) < 4.78 is 16.3. The highest BCUT2D eigenvalue weighted by molar-refractivity contribution is 5.88. The van der Waals surface area contributed by atoms with Gasteiger partial charge in [0, 0.05) is 31.3 Å². The fraction of sp³-hybridized carbons (Fsp3) is 0.440. The van der Waals surface area contributed by atoms with E-state index in [2.05, 4.69) is 5.32 Å². The minimum Gasteiger partial charge on any atom is -0.496 e. The summed E-state index contributed by atoms with van der Waals surface area (Å²) in [7, 11) is 3.10. The SMILES string of the molecule is CCCNC(=O)[C@H](CC)N(Cc1cccc(C)c1)C(=O)COc1cc(OC)cc(OC)c1. The summed E-state index contributed by atoms with van der Waals surface area (Å²) in [5.74, 6) is 1.15. The molecule has 0 saturated carbocycles. The van der Waals surface area contributed by atoms with Gasteiger partial charge in [-0.05, 0) is 25.3 Å². The first kappa shape index (κ1) is 25.0. The van der Waals surface area contributed by atoms with Gasteiger partial charge in [-0.3, -0.25) is 9.59 Å². The Morgan fingerprint density at radius 2 is 1.66 bits per heavy atom. The molecule has 7 heteroatoms. The summed E-state index contributed by atoms with van der Waals surface area (Å²) in [5.41, 5.74) is 2.06. The van der Waals surface area contributed by atoms with Crippen molar-refractivity contribution in [3.8, 4) is 17.2 Å². The Morgan fingerprint density at radius 1 is 1.00 bits per heavy atom. The number of aryl methyl sites for hydroxylation is 1. The molecule has 0 unspecified atom stereocenters. The van der Waals surface area contributed by atoms with Crippen LogP contribution in [0.15, 0.2) is 42.5 Å². The normalized spacial score (nSPS) is 11.4. The van der Waals surface area contributed by atoms with Gasteiger partial charge in [0.1, 0.15) is 23.3 Å². The standard InChI is InChI=1S/C25H34N2O5/c1-6-11-26-25(29)23(7-2)27(16-19-10-8-9-18(3)12-19)24(28)17-32-22-14-20(30-4)13-21(15-22)31-5/h8-10,12-15,23H,6-7,11,16-17H2,1-5H3,(H,26,29)/t23-/m0/s1.